The van der Waals surface area contributed by atoms with Crippen LogP contribution < -0.4 is 10.6 Å². The number of ether oxygens (including phenoxy) is 1. The predicted molar refractivity (Wildman–Crippen MR) is 104 cm³/mol. The Morgan fingerprint density at radius 1 is 1.28 bits per heavy atom. The SMILES string of the molecule is CC1CCCC(OCc2cccc(NC(=O)C3CCCNC3)c2)C1.Cl. The number of halogens is 1. The van der Waals surface area contributed by atoms with Gasteiger partial charge in [0.15, 0.2) is 0 Å². The van der Waals surface area contributed by atoms with Crippen LogP contribution in [0, 0.1) is 11.8 Å². The number of hydrogen-bond donors (Lipinski definition) is 2. The summed E-state index contributed by atoms with van der Waals surface area (Å²) in [6.45, 7) is 4.75. The number of carbonyl (C=O) groups is 1. The summed E-state index contributed by atoms with van der Waals surface area (Å²) in [5.74, 6) is 0.988. The van der Waals surface area contributed by atoms with Gasteiger partial charge in [0, 0.05) is 12.2 Å². The summed E-state index contributed by atoms with van der Waals surface area (Å²) in [5.41, 5.74) is 2.01. The molecule has 1 heterocycles. The van der Waals surface area contributed by atoms with Crippen molar-refractivity contribution in [3.05, 3.63) is 29.8 Å². The van der Waals surface area contributed by atoms with E-state index in [1.165, 1.54) is 25.7 Å². The molecule has 1 amide bonds. The summed E-state index contributed by atoms with van der Waals surface area (Å²) in [4.78, 5) is 12.3. The third kappa shape index (κ3) is 6.28. The molecule has 1 saturated heterocycles. The second-order valence-electron chi connectivity index (χ2n) is 7.44. The van der Waals surface area contributed by atoms with Crippen molar-refractivity contribution in [2.45, 2.75) is 58.2 Å². The van der Waals surface area contributed by atoms with E-state index in [-0.39, 0.29) is 24.2 Å². The van der Waals surface area contributed by atoms with Crippen molar-refractivity contribution in [2.24, 2.45) is 11.8 Å². The van der Waals surface area contributed by atoms with Crippen molar-refractivity contribution in [1.29, 1.82) is 0 Å². The van der Waals surface area contributed by atoms with Crippen LogP contribution in [0.3, 0.4) is 0 Å². The molecule has 0 spiro atoms. The lowest BCUT2D eigenvalue weighted by molar-refractivity contribution is -0.120. The Bertz CT molecular complexity index is 546. The standard InChI is InChI=1S/C20H30N2O2.ClH/c1-15-5-2-9-19(11-15)24-14-16-6-3-8-18(12-16)22-20(23)17-7-4-10-21-13-17;/h3,6,8,12,15,17,19,21H,2,4-5,7,9-11,13-14H2,1H3,(H,22,23);1H. The average molecular weight is 367 g/mol. The largest absolute Gasteiger partial charge is 0.374 e. The zero-order valence-corrected chi connectivity index (χ0v) is 15.9. The minimum atomic E-state index is 0. The highest BCUT2D eigenvalue weighted by molar-refractivity contribution is 5.92. The molecule has 0 aromatic heterocycles. The van der Waals surface area contributed by atoms with E-state index >= 15 is 0 Å². The minimum Gasteiger partial charge on any atom is -0.374 e. The minimum absolute atomic E-state index is 0. The van der Waals surface area contributed by atoms with Gasteiger partial charge in [0.25, 0.3) is 0 Å². The first-order valence-corrected chi connectivity index (χ1v) is 9.43. The van der Waals surface area contributed by atoms with E-state index in [0.29, 0.717) is 12.7 Å². The van der Waals surface area contributed by atoms with E-state index in [4.69, 9.17) is 4.74 Å². The summed E-state index contributed by atoms with van der Waals surface area (Å²) in [7, 11) is 0. The van der Waals surface area contributed by atoms with Gasteiger partial charge < -0.3 is 15.4 Å². The normalized spacial score (nSPS) is 26.5. The molecule has 5 heteroatoms. The van der Waals surface area contributed by atoms with E-state index in [2.05, 4.69) is 23.6 Å². The zero-order chi connectivity index (χ0) is 16.8. The Morgan fingerprint density at radius 2 is 2.16 bits per heavy atom. The molecular formula is C20H31ClN2O2. The molecule has 0 radical (unpaired) electrons. The van der Waals surface area contributed by atoms with Crippen molar-refractivity contribution in [3.8, 4) is 0 Å². The summed E-state index contributed by atoms with van der Waals surface area (Å²) in [5, 5.41) is 6.35. The van der Waals surface area contributed by atoms with E-state index in [9.17, 15) is 4.79 Å². The topological polar surface area (TPSA) is 50.4 Å². The second-order valence-corrected chi connectivity index (χ2v) is 7.44. The van der Waals surface area contributed by atoms with Gasteiger partial charge in [-0.15, -0.1) is 12.4 Å². The monoisotopic (exact) mass is 366 g/mol. The fourth-order valence-electron chi connectivity index (χ4n) is 3.80. The molecule has 3 unspecified atom stereocenters. The third-order valence-electron chi connectivity index (χ3n) is 5.24. The Kier molecular flexibility index (Phi) is 8.20. The third-order valence-corrected chi connectivity index (χ3v) is 5.24. The summed E-state index contributed by atoms with van der Waals surface area (Å²) in [6, 6.07) is 8.07. The Morgan fingerprint density at radius 3 is 2.92 bits per heavy atom. The predicted octanol–water partition coefficient (Wildman–Crippen LogP) is 4.14. The highest BCUT2D eigenvalue weighted by Gasteiger charge is 2.21. The molecule has 1 aliphatic heterocycles. The van der Waals surface area contributed by atoms with Crippen LogP contribution >= 0.6 is 12.4 Å². The molecule has 3 rings (SSSR count). The van der Waals surface area contributed by atoms with Gasteiger partial charge in [-0.3, -0.25) is 4.79 Å². The van der Waals surface area contributed by atoms with Gasteiger partial charge in [-0.05, 0) is 55.8 Å². The maximum atomic E-state index is 12.3. The summed E-state index contributed by atoms with van der Waals surface area (Å²) in [6.07, 6.45) is 7.39. The molecule has 1 aliphatic carbocycles. The molecule has 0 bridgehead atoms. The van der Waals surface area contributed by atoms with Gasteiger partial charge in [-0.2, -0.15) is 0 Å². The smallest absolute Gasteiger partial charge is 0.228 e. The Hall–Kier alpha value is -1.10. The van der Waals surface area contributed by atoms with Gasteiger partial charge in [-0.1, -0.05) is 31.9 Å². The molecule has 1 aromatic carbocycles. The zero-order valence-electron chi connectivity index (χ0n) is 15.1. The first-order chi connectivity index (χ1) is 11.7. The van der Waals surface area contributed by atoms with Crippen LogP contribution in [-0.2, 0) is 16.1 Å². The van der Waals surface area contributed by atoms with E-state index < -0.39 is 0 Å². The molecule has 2 fully saturated rings. The number of piperidine rings is 1. The Labute approximate surface area is 157 Å². The van der Waals surface area contributed by atoms with Crippen LogP contribution in [0.25, 0.3) is 0 Å². The second kappa shape index (κ2) is 10.1. The molecule has 25 heavy (non-hydrogen) atoms. The summed E-state index contributed by atoms with van der Waals surface area (Å²) < 4.78 is 6.09. The summed E-state index contributed by atoms with van der Waals surface area (Å²) >= 11 is 0. The highest BCUT2D eigenvalue weighted by atomic mass is 35.5. The van der Waals surface area contributed by atoms with Gasteiger partial charge in [0.2, 0.25) is 5.91 Å². The van der Waals surface area contributed by atoms with Crippen LogP contribution in [0.2, 0.25) is 0 Å². The van der Waals surface area contributed by atoms with Gasteiger partial charge in [-0.25, -0.2) is 0 Å². The van der Waals surface area contributed by atoms with Crippen molar-refractivity contribution >= 4 is 24.0 Å². The fraction of sp³-hybridized carbons (Fsp3) is 0.650. The lowest BCUT2D eigenvalue weighted by atomic mass is 9.89. The lowest BCUT2D eigenvalue weighted by Crippen LogP contribution is -2.37. The molecule has 3 atom stereocenters. The van der Waals surface area contributed by atoms with Crippen LogP contribution in [-0.4, -0.2) is 25.1 Å². The van der Waals surface area contributed by atoms with Crippen molar-refractivity contribution in [1.82, 2.24) is 5.32 Å². The van der Waals surface area contributed by atoms with Gasteiger partial charge in [0.1, 0.15) is 0 Å². The number of benzene rings is 1. The van der Waals surface area contributed by atoms with Crippen LogP contribution in [0.5, 0.6) is 0 Å². The first kappa shape index (κ1) is 20.2. The van der Waals surface area contributed by atoms with Crippen LogP contribution in [0.15, 0.2) is 24.3 Å². The Balaban J connectivity index is 0.00000225. The van der Waals surface area contributed by atoms with Crippen molar-refractivity contribution in [3.63, 3.8) is 0 Å². The number of rotatable bonds is 5. The molecule has 1 saturated carbocycles. The molecule has 1 aromatic rings. The quantitative estimate of drug-likeness (QED) is 0.823. The van der Waals surface area contributed by atoms with Gasteiger partial charge >= 0.3 is 0 Å². The molecule has 4 nitrogen and oxygen atoms in total. The van der Waals surface area contributed by atoms with E-state index in [1.807, 2.05) is 18.2 Å². The number of amides is 1. The maximum Gasteiger partial charge on any atom is 0.228 e. The first-order valence-electron chi connectivity index (χ1n) is 9.43. The van der Waals surface area contributed by atoms with Crippen LogP contribution in [0.1, 0.15) is 51.0 Å². The van der Waals surface area contributed by atoms with Crippen LogP contribution in [0.4, 0.5) is 5.69 Å². The number of nitrogens with one attached hydrogen (secondary N) is 2. The van der Waals surface area contributed by atoms with Crippen molar-refractivity contribution < 1.29 is 9.53 Å². The molecule has 2 N–H and O–H groups in total. The highest BCUT2D eigenvalue weighted by Crippen LogP contribution is 2.26. The fourth-order valence-corrected chi connectivity index (χ4v) is 3.80. The van der Waals surface area contributed by atoms with Crippen molar-refractivity contribution in [2.75, 3.05) is 18.4 Å². The number of anilines is 1. The molecule has 140 valence electrons. The van der Waals surface area contributed by atoms with E-state index in [0.717, 1.165) is 43.1 Å². The number of hydrogen-bond acceptors (Lipinski definition) is 3. The lowest BCUT2D eigenvalue weighted by Gasteiger charge is -2.27. The molecular weight excluding hydrogens is 336 g/mol. The van der Waals surface area contributed by atoms with E-state index in [1.54, 1.807) is 0 Å². The molecule has 2 aliphatic rings. The number of carbonyl (C=O) groups excluding carboxylic acids is 1. The van der Waals surface area contributed by atoms with Gasteiger partial charge in [0.05, 0.1) is 18.6 Å². The maximum absolute atomic E-state index is 12.3. The average Bonchev–Trinajstić information content (AvgIpc) is 2.61.